The van der Waals surface area contributed by atoms with Crippen LogP contribution in [0.1, 0.15) is 5.71 Å². The molecule has 0 rings (SSSR count). The summed E-state index contributed by atoms with van der Waals surface area (Å²) < 4.78 is 126. The van der Waals surface area contributed by atoms with Crippen LogP contribution in [0.15, 0.2) is 0 Å². The zero-order valence-electron chi connectivity index (χ0n) is 14.4. The van der Waals surface area contributed by atoms with Gasteiger partial charge < -0.3 is 11.2 Å². The van der Waals surface area contributed by atoms with Crippen LogP contribution in [0.3, 0.4) is 0 Å². The van der Waals surface area contributed by atoms with E-state index in [4.69, 9.17) is 70.1 Å². The van der Waals surface area contributed by atoms with Crippen molar-refractivity contribution in [1.29, 1.82) is 0 Å². The van der Waals surface area contributed by atoms with E-state index in [0.717, 1.165) is 0 Å². The Hall–Kier alpha value is 1.96. The fourth-order valence-corrected chi connectivity index (χ4v) is 0. The first-order chi connectivity index (χ1) is 8.00. The maximum Gasteiger partial charge on any atom is 2.00 e. The minimum Gasteiger partial charge on any atom is -1.00 e. The first kappa shape index (κ1) is 44.4. The van der Waals surface area contributed by atoms with Crippen molar-refractivity contribution in [1.82, 2.24) is 0 Å². The second-order valence-electron chi connectivity index (χ2n) is 1.79. The summed E-state index contributed by atoms with van der Waals surface area (Å²) >= 11 is 0. The van der Waals surface area contributed by atoms with Crippen molar-refractivity contribution in [2.75, 3.05) is 0 Å². The van der Waals surface area contributed by atoms with E-state index in [2.05, 4.69) is 0 Å². The third-order valence-electron chi connectivity index (χ3n) is 0. The number of hydrogen-bond donors (Lipinski definition) is 8. The van der Waals surface area contributed by atoms with Crippen molar-refractivity contribution in [3.05, 3.63) is 0 Å². The van der Waals surface area contributed by atoms with Crippen LogP contribution in [0, 0.1) is 0 Å². The van der Waals surface area contributed by atoms with E-state index < -0.39 is 41.6 Å². The molecule has 0 aliphatic carbocycles. The summed E-state index contributed by atoms with van der Waals surface area (Å²) in [6, 6.07) is 0. The van der Waals surface area contributed by atoms with Gasteiger partial charge in [0.25, 0.3) is 0 Å². The standard InChI is InChI=1S/2Ca.4H2O4S.H2O.4H/c;;4*1-5(2,3)4;;;;;/h;;4*(H2,1,2,3,4);1H2;;;;/q2*+2;;;;;;4*-1. The van der Waals surface area contributed by atoms with Crippen LogP contribution in [-0.2, 0) is 41.6 Å². The molecule has 0 heterocycles. The maximum atomic E-state index is 8.74. The molecule has 0 unspecified atom stereocenters. The predicted octanol–water partition coefficient (Wildman–Crippen LogP) is -3.75. The molecule has 0 spiro atoms. The van der Waals surface area contributed by atoms with Crippen LogP contribution in [0.2, 0.25) is 0 Å². The van der Waals surface area contributed by atoms with Gasteiger partial charge in [-0.1, -0.05) is 0 Å². The molecule has 23 heavy (non-hydrogen) atoms. The van der Waals surface area contributed by atoms with Crippen molar-refractivity contribution in [2.45, 2.75) is 0 Å². The van der Waals surface area contributed by atoms with E-state index in [1.807, 2.05) is 0 Å². The summed E-state index contributed by atoms with van der Waals surface area (Å²) in [6.45, 7) is 0. The molecule has 0 bridgehead atoms. The normalized spacial score (nSPS) is 10.1. The number of hydrogen-bond acceptors (Lipinski definition) is 8. The molecule has 17 nitrogen and oxygen atoms in total. The molecule has 0 fully saturated rings. The first-order valence-corrected chi connectivity index (χ1v) is 8.38. The Morgan fingerprint density at radius 2 is 0.391 bits per heavy atom. The molecular formula is H14Ca2O17S4. The summed E-state index contributed by atoms with van der Waals surface area (Å²) in [6.07, 6.45) is 0. The van der Waals surface area contributed by atoms with E-state index in [1.165, 1.54) is 0 Å². The molecule has 0 aromatic rings. The Morgan fingerprint density at radius 1 is 0.391 bits per heavy atom. The average Bonchev–Trinajstić information content (AvgIpc) is 1.62. The van der Waals surface area contributed by atoms with Crippen LogP contribution < -0.4 is 0 Å². The Labute approximate surface area is 196 Å². The van der Waals surface area contributed by atoms with Crippen molar-refractivity contribution in [3.63, 3.8) is 0 Å². The zero-order valence-corrected chi connectivity index (χ0v) is 18.1. The van der Waals surface area contributed by atoms with E-state index >= 15 is 0 Å². The van der Waals surface area contributed by atoms with Crippen molar-refractivity contribution >= 4 is 117 Å². The summed E-state index contributed by atoms with van der Waals surface area (Å²) in [7, 11) is -18.7. The fraction of sp³-hybridized carbons (Fsp3) is 0. The van der Waals surface area contributed by atoms with Crippen LogP contribution in [0.4, 0.5) is 0 Å². The second-order valence-corrected chi connectivity index (χ2v) is 5.37. The Morgan fingerprint density at radius 3 is 0.391 bits per heavy atom. The Bertz CT molecular complexity index is 494. The van der Waals surface area contributed by atoms with Crippen LogP contribution >= 0.6 is 0 Å². The third-order valence-corrected chi connectivity index (χ3v) is 0. The fourth-order valence-electron chi connectivity index (χ4n) is 0. The largest absolute Gasteiger partial charge is 2.00 e. The molecular weight excluding hydrogens is 480 g/mol. The smallest absolute Gasteiger partial charge is 1.00 e. The molecule has 0 aromatic carbocycles. The quantitative estimate of drug-likeness (QED) is 0.118. The van der Waals surface area contributed by atoms with Gasteiger partial charge in [0, 0.05) is 0 Å². The summed E-state index contributed by atoms with van der Waals surface area (Å²) in [5.74, 6) is 0. The van der Waals surface area contributed by atoms with Gasteiger partial charge in [0.05, 0.1) is 0 Å². The van der Waals surface area contributed by atoms with Gasteiger partial charge in [0.15, 0.2) is 0 Å². The monoisotopic (exact) mass is 494 g/mol. The average molecular weight is 495 g/mol. The van der Waals surface area contributed by atoms with Crippen molar-refractivity contribution in [2.24, 2.45) is 0 Å². The minimum absolute atomic E-state index is 0. The van der Waals surface area contributed by atoms with E-state index in [9.17, 15) is 0 Å². The van der Waals surface area contributed by atoms with Gasteiger partial charge in [0.1, 0.15) is 0 Å². The molecule has 0 saturated carbocycles. The van der Waals surface area contributed by atoms with Gasteiger partial charge >= 0.3 is 117 Å². The maximum absolute atomic E-state index is 8.74. The molecule has 0 atom stereocenters. The van der Waals surface area contributed by atoms with Gasteiger partial charge in [-0.15, -0.1) is 0 Å². The second kappa shape index (κ2) is 18.7. The molecule has 23 heteroatoms. The zero-order chi connectivity index (χ0) is 18.0. The Kier molecular flexibility index (Phi) is 36.2. The van der Waals surface area contributed by atoms with Crippen molar-refractivity contribution in [3.8, 4) is 0 Å². The minimum atomic E-state index is -4.67. The van der Waals surface area contributed by atoms with E-state index in [-0.39, 0.29) is 86.7 Å². The topological polar surface area (TPSA) is 330 Å². The molecule has 0 amide bonds. The Balaban J connectivity index is -0.0000000129. The summed E-state index contributed by atoms with van der Waals surface area (Å²) in [5, 5.41) is 0. The SMILES string of the molecule is O.O=S(=O)(O)O.O=S(=O)(O)O.O=S(=O)(O)O.O=S(=O)(O)O.[Ca+2].[Ca+2].[H-].[H-].[H-].[H-]. The molecule has 0 aliphatic rings. The molecule has 0 saturated heterocycles. The van der Waals surface area contributed by atoms with Crippen molar-refractivity contribution < 1.29 is 81.3 Å². The van der Waals surface area contributed by atoms with Gasteiger partial charge in [-0.05, 0) is 0 Å². The molecule has 144 valence electrons. The van der Waals surface area contributed by atoms with Gasteiger partial charge in [0.2, 0.25) is 0 Å². The van der Waals surface area contributed by atoms with Crippen LogP contribution in [-0.4, -0.2) is 151 Å². The molecule has 0 aromatic heterocycles. The van der Waals surface area contributed by atoms with E-state index in [0.29, 0.717) is 0 Å². The summed E-state index contributed by atoms with van der Waals surface area (Å²) in [4.78, 5) is 0. The third kappa shape index (κ3) is 3010. The number of rotatable bonds is 0. The van der Waals surface area contributed by atoms with Gasteiger partial charge in [-0.25, -0.2) is 0 Å². The molecule has 10 N–H and O–H groups in total. The van der Waals surface area contributed by atoms with Crippen LogP contribution in [0.5, 0.6) is 0 Å². The van der Waals surface area contributed by atoms with E-state index in [1.54, 1.807) is 0 Å². The molecule has 0 radical (unpaired) electrons. The summed E-state index contributed by atoms with van der Waals surface area (Å²) in [5.41, 5.74) is 0. The van der Waals surface area contributed by atoms with Crippen LogP contribution in [0.25, 0.3) is 0 Å². The van der Waals surface area contributed by atoms with Gasteiger partial charge in [-0.3, -0.25) is 36.4 Å². The molecule has 0 aliphatic heterocycles. The predicted molar refractivity (Wildman–Crippen MR) is 76.3 cm³/mol. The first-order valence-electron chi connectivity index (χ1n) is 2.79. The van der Waals surface area contributed by atoms with Gasteiger partial charge in [-0.2, -0.15) is 33.7 Å².